The van der Waals surface area contributed by atoms with Crippen molar-refractivity contribution in [2.24, 2.45) is 5.92 Å². The van der Waals surface area contributed by atoms with Gasteiger partial charge < -0.3 is 5.32 Å². The molecule has 0 spiro atoms. The maximum Gasteiger partial charge on any atom is 0.251 e. The first-order chi connectivity index (χ1) is 8.17. The van der Waals surface area contributed by atoms with Crippen LogP contribution < -0.4 is 5.32 Å². The highest BCUT2D eigenvalue weighted by Gasteiger charge is 2.09. The molecule has 0 radical (unpaired) electrons. The van der Waals surface area contributed by atoms with Gasteiger partial charge in [0.25, 0.3) is 5.91 Å². The minimum Gasteiger partial charge on any atom is -0.352 e. The molecule has 2 nitrogen and oxygen atoms in total. The van der Waals surface area contributed by atoms with E-state index in [4.69, 9.17) is 0 Å². The van der Waals surface area contributed by atoms with Gasteiger partial charge in [-0.1, -0.05) is 47.0 Å². The van der Waals surface area contributed by atoms with E-state index in [9.17, 15) is 4.79 Å². The second-order valence-electron chi connectivity index (χ2n) is 4.33. The molecule has 0 heterocycles. The van der Waals surface area contributed by atoms with E-state index in [1.807, 2.05) is 31.2 Å². The van der Waals surface area contributed by atoms with Gasteiger partial charge in [-0.2, -0.15) is 0 Å². The summed E-state index contributed by atoms with van der Waals surface area (Å²) >= 11 is 3.44. The topological polar surface area (TPSA) is 29.1 Å². The smallest absolute Gasteiger partial charge is 0.251 e. The predicted molar refractivity (Wildman–Crippen MR) is 75.7 cm³/mol. The average molecular weight is 298 g/mol. The van der Waals surface area contributed by atoms with Crippen molar-refractivity contribution in [3.05, 3.63) is 35.4 Å². The third-order valence-electron chi connectivity index (χ3n) is 2.96. The molecular formula is C14H20BrNO. The van der Waals surface area contributed by atoms with Gasteiger partial charge in [-0.15, -0.1) is 0 Å². The van der Waals surface area contributed by atoms with Crippen LogP contribution in [0.4, 0.5) is 0 Å². The molecule has 1 amide bonds. The number of hydrogen-bond acceptors (Lipinski definition) is 1. The van der Waals surface area contributed by atoms with Crippen molar-refractivity contribution in [1.82, 2.24) is 5.32 Å². The van der Waals surface area contributed by atoms with Gasteiger partial charge in [-0.3, -0.25) is 4.79 Å². The van der Waals surface area contributed by atoms with Gasteiger partial charge in [-0.05, 0) is 31.4 Å². The molecular weight excluding hydrogens is 278 g/mol. The Balaban J connectivity index is 2.46. The van der Waals surface area contributed by atoms with Gasteiger partial charge in [0, 0.05) is 17.4 Å². The Labute approximate surface area is 112 Å². The molecule has 0 saturated carbocycles. The molecule has 94 valence electrons. The molecule has 1 aromatic carbocycles. The second-order valence-corrected chi connectivity index (χ2v) is 5.12. The van der Waals surface area contributed by atoms with E-state index in [1.165, 1.54) is 5.56 Å². The van der Waals surface area contributed by atoms with Crippen LogP contribution in [0.5, 0.6) is 0 Å². The number of aryl methyl sites for hydroxylation is 1. The van der Waals surface area contributed by atoms with Gasteiger partial charge in [0.15, 0.2) is 0 Å². The Morgan fingerprint density at radius 3 is 2.53 bits per heavy atom. The highest BCUT2D eigenvalue weighted by molar-refractivity contribution is 9.09. The second kappa shape index (κ2) is 7.49. The molecule has 1 aromatic rings. The van der Waals surface area contributed by atoms with Gasteiger partial charge in [-0.25, -0.2) is 0 Å². The molecule has 1 atom stereocenters. The minimum atomic E-state index is 0.0259. The third kappa shape index (κ3) is 4.90. The molecule has 17 heavy (non-hydrogen) atoms. The lowest BCUT2D eigenvalue weighted by atomic mass is 10.0. The summed E-state index contributed by atoms with van der Waals surface area (Å²) in [7, 11) is 0. The first-order valence-corrected chi connectivity index (χ1v) is 7.20. The molecule has 0 aliphatic rings. The molecule has 0 saturated heterocycles. The fourth-order valence-corrected chi connectivity index (χ4v) is 2.30. The van der Waals surface area contributed by atoms with Crippen LogP contribution in [0.1, 0.15) is 35.7 Å². The van der Waals surface area contributed by atoms with Crippen molar-refractivity contribution < 1.29 is 4.79 Å². The number of carbonyl (C=O) groups excluding carboxylic acids is 1. The standard InChI is InChI=1S/C14H20BrNO/c1-3-12(8-9-15)10-16-14(17)13-6-4-11(2)5-7-13/h4-7,12H,3,8-10H2,1-2H3,(H,16,17). The van der Waals surface area contributed by atoms with Crippen LogP contribution in [0.15, 0.2) is 24.3 Å². The van der Waals surface area contributed by atoms with E-state index in [0.717, 1.165) is 30.3 Å². The van der Waals surface area contributed by atoms with Crippen LogP contribution in [-0.2, 0) is 0 Å². The van der Waals surface area contributed by atoms with Crippen LogP contribution in [0.2, 0.25) is 0 Å². The fourth-order valence-electron chi connectivity index (χ4n) is 1.65. The lowest BCUT2D eigenvalue weighted by molar-refractivity contribution is 0.0946. The molecule has 0 aliphatic heterocycles. The highest BCUT2D eigenvalue weighted by atomic mass is 79.9. The van der Waals surface area contributed by atoms with E-state index >= 15 is 0 Å². The quantitative estimate of drug-likeness (QED) is 0.800. The molecule has 1 N–H and O–H groups in total. The first kappa shape index (κ1) is 14.2. The van der Waals surface area contributed by atoms with Crippen LogP contribution in [0.25, 0.3) is 0 Å². The van der Waals surface area contributed by atoms with Crippen molar-refractivity contribution in [3.63, 3.8) is 0 Å². The number of hydrogen-bond donors (Lipinski definition) is 1. The Morgan fingerprint density at radius 1 is 1.35 bits per heavy atom. The molecule has 0 fully saturated rings. The van der Waals surface area contributed by atoms with Crippen molar-refractivity contribution in [2.75, 3.05) is 11.9 Å². The SMILES string of the molecule is CCC(CCBr)CNC(=O)c1ccc(C)cc1. The van der Waals surface area contributed by atoms with Gasteiger partial charge in [0.1, 0.15) is 0 Å². The summed E-state index contributed by atoms with van der Waals surface area (Å²) in [5.74, 6) is 0.585. The van der Waals surface area contributed by atoms with Crippen molar-refractivity contribution in [1.29, 1.82) is 0 Å². The normalized spacial score (nSPS) is 12.2. The summed E-state index contributed by atoms with van der Waals surface area (Å²) in [6, 6.07) is 7.67. The first-order valence-electron chi connectivity index (χ1n) is 6.08. The lowest BCUT2D eigenvalue weighted by Gasteiger charge is -2.14. The number of carbonyl (C=O) groups is 1. The Morgan fingerprint density at radius 2 is 2.00 bits per heavy atom. The van der Waals surface area contributed by atoms with Gasteiger partial charge >= 0.3 is 0 Å². The van der Waals surface area contributed by atoms with E-state index in [-0.39, 0.29) is 5.91 Å². The van der Waals surface area contributed by atoms with Crippen molar-refractivity contribution >= 4 is 21.8 Å². The zero-order valence-electron chi connectivity index (χ0n) is 10.5. The Bertz CT molecular complexity index is 348. The van der Waals surface area contributed by atoms with Crippen LogP contribution in [-0.4, -0.2) is 17.8 Å². The number of amides is 1. The number of alkyl halides is 1. The summed E-state index contributed by atoms with van der Waals surface area (Å²) in [5.41, 5.74) is 1.91. The van der Waals surface area contributed by atoms with E-state index in [2.05, 4.69) is 28.2 Å². The zero-order chi connectivity index (χ0) is 12.7. The average Bonchev–Trinajstić information content (AvgIpc) is 2.35. The molecule has 0 bridgehead atoms. The Hall–Kier alpha value is -0.830. The molecule has 3 heteroatoms. The van der Waals surface area contributed by atoms with Crippen molar-refractivity contribution in [2.45, 2.75) is 26.7 Å². The van der Waals surface area contributed by atoms with Gasteiger partial charge in [0.2, 0.25) is 0 Å². The molecule has 0 aliphatic carbocycles. The zero-order valence-corrected chi connectivity index (χ0v) is 12.1. The van der Waals surface area contributed by atoms with Gasteiger partial charge in [0.05, 0.1) is 0 Å². The van der Waals surface area contributed by atoms with Crippen LogP contribution in [0, 0.1) is 12.8 Å². The van der Waals surface area contributed by atoms with E-state index in [1.54, 1.807) is 0 Å². The summed E-state index contributed by atoms with van der Waals surface area (Å²) in [4.78, 5) is 11.9. The summed E-state index contributed by atoms with van der Waals surface area (Å²) in [5, 5.41) is 3.99. The molecule has 0 aromatic heterocycles. The van der Waals surface area contributed by atoms with E-state index in [0.29, 0.717) is 5.92 Å². The predicted octanol–water partition coefficient (Wildman–Crippen LogP) is 3.54. The number of nitrogens with one attached hydrogen (secondary N) is 1. The highest BCUT2D eigenvalue weighted by Crippen LogP contribution is 2.09. The summed E-state index contributed by atoms with van der Waals surface area (Å²) in [6.45, 7) is 4.94. The largest absolute Gasteiger partial charge is 0.352 e. The minimum absolute atomic E-state index is 0.0259. The third-order valence-corrected chi connectivity index (χ3v) is 3.42. The maximum atomic E-state index is 11.9. The molecule has 1 rings (SSSR count). The Kier molecular flexibility index (Phi) is 6.27. The fraction of sp³-hybridized carbons (Fsp3) is 0.500. The number of halogens is 1. The number of benzene rings is 1. The van der Waals surface area contributed by atoms with Crippen LogP contribution in [0.3, 0.4) is 0 Å². The van der Waals surface area contributed by atoms with Crippen molar-refractivity contribution in [3.8, 4) is 0 Å². The molecule has 1 unspecified atom stereocenters. The van der Waals surface area contributed by atoms with E-state index < -0.39 is 0 Å². The summed E-state index contributed by atoms with van der Waals surface area (Å²) < 4.78 is 0. The number of rotatable bonds is 6. The summed E-state index contributed by atoms with van der Waals surface area (Å²) in [6.07, 6.45) is 2.20. The lowest BCUT2D eigenvalue weighted by Crippen LogP contribution is -2.29. The van der Waals surface area contributed by atoms with Crippen LogP contribution >= 0.6 is 15.9 Å². The monoisotopic (exact) mass is 297 g/mol. The maximum absolute atomic E-state index is 11.9.